The van der Waals surface area contributed by atoms with E-state index >= 15 is 0 Å². The number of carbonyl (C=O) groups is 1. The number of anilines is 1. The summed E-state index contributed by atoms with van der Waals surface area (Å²) in [5, 5.41) is 1.93. The van der Waals surface area contributed by atoms with Crippen LogP contribution < -0.4 is 9.64 Å². The van der Waals surface area contributed by atoms with Crippen molar-refractivity contribution in [2.24, 2.45) is 0 Å². The summed E-state index contributed by atoms with van der Waals surface area (Å²) in [4.78, 5) is 27.4. The summed E-state index contributed by atoms with van der Waals surface area (Å²) in [5.74, 6) is 1.39. The number of ether oxygens (including phenoxy) is 1. The molecule has 0 spiro atoms. The molecule has 0 saturated carbocycles. The molecule has 4 rings (SSSR count). The summed E-state index contributed by atoms with van der Waals surface area (Å²) in [7, 11) is 3.76. The van der Waals surface area contributed by atoms with E-state index in [1.807, 2.05) is 46.7 Å². The van der Waals surface area contributed by atoms with E-state index in [4.69, 9.17) is 9.72 Å². The Hall–Kier alpha value is -2.77. The SMILES string of the molecule is COc1ccc(-c2cncc(N(C(=O)c3cccs3)C3CCN(C)CC3)n2)cc1. The first kappa shape index (κ1) is 19.5. The average Bonchev–Trinajstić information content (AvgIpc) is 3.31. The molecule has 6 nitrogen and oxygen atoms in total. The van der Waals surface area contributed by atoms with Gasteiger partial charge in [-0.3, -0.25) is 14.7 Å². The summed E-state index contributed by atoms with van der Waals surface area (Å²) in [6.07, 6.45) is 5.26. The second-order valence-electron chi connectivity index (χ2n) is 7.18. The molecule has 0 atom stereocenters. The fourth-order valence-corrected chi connectivity index (χ4v) is 4.26. The first-order valence-corrected chi connectivity index (χ1v) is 10.6. The van der Waals surface area contributed by atoms with Gasteiger partial charge in [0.05, 0.1) is 30.1 Å². The smallest absolute Gasteiger partial charge is 0.269 e. The van der Waals surface area contributed by atoms with Crippen molar-refractivity contribution in [3.63, 3.8) is 0 Å². The Labute approximate surface area is 174 Å². The zero-order valence-electron chi connectivity index (χ0n) is 16.6. The van der Waals surface area contributed by atoms with Crippen LogP contribution in [0.2, 0.25) is 0 Å². The Morgan fingerprint density at radius 1 is 1.17 bits per heavy atom. The molecular weight excluding hydrogens is 384 g/mol. The van der Waals surface area contributed by atoms with Crippen LogP contribution in [0, 0.1) is 0 Å². The summed E-state index contributed by atoms with van der Waals surface area (Å²) in [6, 6.07) is 11.6. The lowest BCUT2D eigenvalue weighted by molar-refractivity contribution is 0.0966. The molecule has 0 radical (unpaired) electrons. The minimum absolute atomic E-state index is 0.00395. The lowest BCUT2D eigenvalue weighted by Crippen LogP contribution is -2.47. The van der Waals surface area contributed by atoms with Crippen molar-refractivity contribution >= 4 is 23.1 Å². The van der Waals surface area contributed by atoms with Gasteiger partial charge in [-0.05, 0) is 68.7 Å². The van der Waals surface area contributed by atoms with Crippen molar-refractivity contribution in [1.82, 2.24) is 14.9 Å². The van der Waals surface area contributed by atoms with Gasteiger partial charge in [0, 0.05) is 11.6 Å². The third-order valence-electron chi connectivity index (χ3n) is 5.26. The average molecular weight is 409 g/mol. The molecule has 29 heavy (non-hydrogen) atoms. The predicted molar refractivity (Wildman–Crippen MR) is 116 cm³/mol. The maximum absolute atomic E-state index is 13.4. The number of hydrogen-bond acceptors (Lipinski definition) is 6. The topological polar surface area (TPSA) is 58.6 Å². The number of nitrogens with zero attached hydrogens (tertiary/aromatic N) is 4. The number of piperidine rings is 1. The van der Waals surface area contributed by atoms with E-state index in [2.05, 4.69) is 16.9 Å². The van der Waals surface area contributed by atoms with Crippen molar-refractivity contribution in [2.45, 2.75) is 18.9 Å². The molecule has 0 unspecified atom stereocenters. The number of amides is 1. The van der Waals surface area contributed by atoms with Gasteiger partial charge in [0.25, 0.3) is 5.91 Å². The number of hydrogen-bond donors (Lipinski definition) is 0. The molecule has 1 aromatic carbocycles. The zero-order chi connectivity index (χ0) is 20.2. The van der Waals surface area contributed by atoms with Crippen LogP contribution in [-0.2, 0) is 0 Å². The molecule has 0 bridgehead atoms. The van der Waals surface area contributed by atoms with Gasteiger partial charge in [-0.1, -0.05) is 6.07 Å². The lowest BCUT2D eigenvalue weighted by Gasteiger charge is -2.36. The van der Waals surface area contributed by atoms with Crippen LogP contribution in [-0.4, -0.2) is 54.1 Å². The molecule has 150 valence electrons. The van der Waals surface area contributed by atoms with Crippen LogP contribution >= 0.6 is 11.3 Å². The molecule has 1 saturated heterocycles. The van der Waals surface area contributed by atoms with Gasteiger partial charge in [0.15, 0.2) is 5.82 Å². The summed E-state index contributed by atoms with van der Waals surface area (Å²) >= 11 is 1.46. The Morgan fingerprint density at radius 3 is 2.59 bits per heavy atom. The van der Waals surface area contributed by atoms with Gasteiger partial charge >= 0.3 is 0 Å². The first-order chi connectivity index (χ1) is 14.2. The Morgan fingerprint density at radius 2 is 1.93 bits per heavy atom. The highest BCUT2D eigenvalue weighted by Crippen LogP contribution is 2.28. The van der Waals surface area contributed by atoms with Crippen LogP contribution in [0.15, 0.2) is 54.2 Å². The minimum atomic E-state index is -0.00395. The minimum Gasteiger partial charge on any atom is -0.497 e. The second-order valence-corrected chi connectivity index (χ2v) is 8.13. The normalized spacial score (nSPS) is 15.2. The van der Waals surface area contributed by atoms with Gasteiger partial charge in [0.2, 0.25) is 0 Å². The van der Waals surface area contributed by atoms with E-state index in [1.54, 1.807) is 19.5 Å². The Balaban J connectivity index is 1.69. The van der Waals surface area contributed by atoms with Gasteiger partial charge in [-0.15, -0.1) is 11.3 Å². The van der Waals surface area contributed by atoms with Crippen molar-refractivity contribution < 1.29 is 9.53 Å². The largest absolute Gasteiger partial charge is 0.497 e. The highest BCUT2D eigenvalue weighted by Gasteiger charge is 2.30. The number of benzene rings is 1. The van der Waals surface area contributed by atoms with E-state index in [0.29, 0.717) is 5.82 Å². The van der Waals surface area contributed by atoms with Crippen LogP contribution in [0.1, 0.15) is 22.5 Å². The summed E-state index contributed by atoms with van der Waals surface area (Å²) < 4.78 is 5.24. The standard InChI is InChI=1S/C22H24N4O2S/c1-25-11-9-17(10-12-25)26(22(27)20-4-3-13-29-20)21-15-23-14-19(24-21)16-5-7-18(28-2)8-6-16/h3-8,13-15,17H,9-12H2,1-2H3. The van der Waals surface area contributed by atoms with Gasteiger partial charge in [-0.2, -0.15) is 0 Å². The molecule has 0 aliphatic carbocycles. The molecule has 3 aromatic rings. The first-order valence-electron chi connectivity index (χ1n) is 9.68. The number of thiophene rings is 1. The van der Waals surface area contributed by atoms with E-state index in [9.17, 15) is 4.79 Å². The van der Waals surface area contributed by atoms with E-state index < -0.39 is 0 Å². The van der Waals surface area contributed by atoms with Crippen molar-refractivity contribution in [1.29, 1.82) is 0 Å². The van der Waals surface area contributed by atoms with Crippen molar-refractivity contribution in [2.75, 3.05) is 32.1 Å². The molecule has 2 aromatic heterocycles. The highest BCUT2D eigenvalue weighted by molar-refractivity contribution is 7.12. The van der Waals surface area contributed by atoms with Crippen LogP contribution in [0.3, 0.4) is 0 Å². The number of likely N-dealkylation sites (tertiary alicyclic amines) is 1. The molecule has 7 heteroatoms. The Bertz CT molecular complexity index is 951. The third kappa shape index (κ3) is 4.31. The van der Waals surface area contributed by atoms with Gasteiger partial charge in [0.1, 0.15) is 5.75 Å². The molecule has 1 aliphatic rings. The van der Waals surface area contributed by atoms with Crippen molar-refractivity contribution in [3.05, 3.63) is 59.0 Å². The number of aromatic nitrogens is 2. The monoisotopic (exact) mass is 408 g/mol. The van der Waals surface area contributed by atoms with E-state index in [0.717, 1.165) is 47.8 Å². The van der Waals surface area contributed by atoms with Crippen LogP contribution in [0.4, 0.5) is 5.82 Å². The quantitative estimate of drug-likeness (QED) is 0.640. The highest BCUT2D eigenvalue weighted by atomic mass is 32.1. The van der Waals surface area contributed by atoms with Crippen molar-refractivity contribution in [3.8, 4) is 17.0 Å². The summed E-state index contributed by atoms with van der Waals surface area (Å²) in [6.45, 7) is 1.93. The molecule has 1 amide bonds. The van der Waals surface area contributed by atoms with Crippen LogP contribution in [0.5, 0.6) is 5.75 Å². The molecule has 1 aliphatic heterocycles. The lowest BCUT2D eigenvalue weighted by atomic mass is 10.0. The number of carbonyl (C=O) groups excluding carboxylic acids is 1. The maximum Gasteiger partial charge on any atom is 0.269 e. The fourth-order valence-electron chi connectivity index (χ4n) is 3.60. The Kier molecular flexibility index (Phi) is 5.87. The van der Waals surface area contributed by atoms with E-state index in [1.165, 1.54) is 11.3 Å². The predicted octanol–water partition coefficient (Wildman–Crippen LogP) is 3.95. The zero-order valence-corrected chi connectivity index (χ0v) is 17.4. The van der Waals surface area contributed by atoms with Crippen LogP contribution in [0.25, 0.3) is 11.3 Å². The fraction of sp³-hybridized carbons (Fsp3) is 0.318. The number of methoxy groups -OCH3 is 1. The van der Waals surface area contributed by atoms with E-state index in [-0.39, 0.29) is 11.9 Å². The summed E-state index contributed by atoms with van der Waals surface area (Å²) in [5.41, 5.74) is 1.68. The van der Waals surface area contributed by atoms with Gasteiger partial charge < -0.3 is 9.64 Å². The van der Waals surface area contributed by atoms with Gasteiger partial charge in [-0.25, -0.2) is 4.98 Å². The second kappa shape index (κ2) is 8.71. The molecule has 3 heterocycles. The third-order valence-corrected chi connectivity index (χ3v) is 6.12. The maximum atomic E-state index is 13.4. The number of rotatable bonds is 5. The molecule has 0 N–H and O–H groups in total. The molecular formula is C22H24N4O2S. The molecule has 1 fully saturated rings.